The lowest BCUT2D eigenvalue weighted by Crippen LogP contribution is -2.47. The number of aryl methyl sites for hydroxylation is 1. The lowest BCUT2D eigenvalue weighted by molar-refractivity contribution is -0.137. The van der Waals surface area contributed by atoms with E-state index < -0.39 is 17.3 Å². The van der Waals surface area contributed by atoms with Crippen molar-refractivity contribution in [2.75, 3.05) is 37.7 Å². The Morgan fingerprint density at radius 1 is 1.27 bits per heavy atom. The van der Waals surface area contributed by atoms with Crippen LogP contribution in [0.1, 0.15) is 40.2 Å². The summed E-state index contributed by atoms with van der Waals surface area (Å²) < 4.78 is 40.3. The number of rotatable bonds is 3. The van der Waals surface area contributed by atoms with E-state index in [2.05, 4.69) is 4.98 Å². The Morgan fingerprint density at radius 3 is 2.61 bits per heavy atom. The molecule has 2 fully saturated rings. The average Bonchev–Trinajstić information content (AvgIpc) is 3.16. The second-order valence-electron chi connectivity index (χ2n) is 8.92. The van der Waals surface area contributed by atoms with E-state index in [1.807, 2.05) is 17.9 Å². The van der Waals surface area contributed by atoms with Crippen LogP contribution in [0.5, 0.6) is 0 Å². The highest BCUT2D eigenvalue weighted by molar-refractivity contribution is 5.92. The Balaban J connectivity index is 1.51. The van der Waals surface area contributed by atoms with Gasteiger partial charge in [-0.1, -0.05) is 6.07 Å². The van der Waals surface area contributed by atoms with Gasteiger partial charge >= 0.3 is 6.18 Å². The number of hydrogen-bond donors (Lipinski definition) is 1. The fourth-order valence-corrected chi connectivity index (χ4v) is 5.09. The van der Waals surface area contributed by atoms with Crippen LogP contribution < -0.4 is 4.90 Å². The van der Waals surface area contributed by atoms with Crippen molar-refractivity contribution in [3.8, 4) is 6.07 Å². The SMILES string of the molecule is Cc1cccc(C(=O)N2CCC3(CC2)CN(c2ccc(C#N)c(C(F)(F)F)c2)CC3CO)n1. The van der Waals surface area contributed by atoms with Gasteiger partial charge in [-0.3, -0.25) is 4.79 Å². The van der Waals surface area contributed by atoms with Crippen molar-refractivity contribution >= 4 is 11.6 Å². The number of likely N-dealkylation sites (tertiary alicyclic amines) is 1. The van der Waals surface area contributed by atoms with Gasteiger partial charge < -0.3 is 14.9 Å². The van der Waals surface area contributed by atoms with Gasteiger partial charge in [0.15, 0.2) is 0 Å². The van der Waals surface area contributed by atoms with Gasteiger partial charge in [0.1, 0.15) is 5.69 Å². The lowest BCUT2D eigenvalue weighted by Gasteiger charge is -2.42. The van der Waals surface area contributed by atoms with Crippen LogP contribution in [0.4, 0.5) is 18.9 Å². The van der Waals surface area contributed by atoms with Gasteiger partial charge in [0.2, 0.25) is 0 Å². The molecule has 1 aromatic heterocycles. The maximum atomic E-state index is 13.4. The number of carbonyl (C=O) groups is 1. The number of aliphatic hydroxyl groups excluding tert-OH is 1. The molecule has 1 amide bonds. The molecule has 2 aromatic rings. The molecule has 0 saturated carbocycles. The molecule has 9 heteroatoms. The van der Waals surface area contributed by atoms with Crippen molar-refractivity contribution in [3.63, 3.8) is 0 Å². The first-order chi connectivity index (χ1) is 15.7. The first-order valence-electron chi connectivity index (χ1n) is 10.9. The average molecular weight is 458 g/mol. The fourth-order valence-electron chi connectivity index (χ4n) is 5.09. The Morgan fingerprint density at radius 2 is 2.00 bits per heavy atom. The minimum atomic E-state index is -4.62. The Hall–Kier alpha value is -3.12. The van der Waals surface area contributed by atoms with Gasteiger partial charge in [-0.25, -0.2) is 4.98 Å². The van der Waals surface area contributed by atoms with E-state index in [9.17, 15) is 23.1 Å². The molecule has 1 spiro atoms. The van der Waals surface area contributed by atoms with Crippen LogP contribution in [0, 0.1) is 29.6 Å². The maximum Gasteiger partial charge on any atom is 0.417 e. The first kappa shape index (κ1) is 23.1. The molecule has 174 valence electrons. The number of nitriles is 1. The molecule has 1 unspecified atom stereocenters. The number of hydrogen-bond acceptors (Lipinski definition) is 5. The van der Waals surface area contributed by atoms with Crippen LogP contribution >= 0.6 is 0 Å². The summed E-state index contributed by atoms with van der Waals surface area (Å²) in [6.07, 6.45) is -3.33. The van der Waals surface area contributed by atoms with Crippen molar-refractivity contribution in [1.29, 1.82) is 5.26 Å². The molecule has 33 heavy (non-hydrogen) atoms. The number of alkyl halides is 3. The summed E-state index contributed by atoms with van der Waals surface area (Å²) in [7, 11) is 0. The Labute approximate surface area is 190 Å². The molecular formula is C24H25F3N4O2. The molecule has 1 N–H and O–H groups in total. The molecule has 4 rings (SSSR count). The van der Waals surface area contributed by atoms with Crippen molar-refractivity contribution in [2.45, 2.75) is 25.9 Å². The number of anilines is 1. The summed E-state index contributed by atoms with van der Waals surface area (Å²) in [6, 6.07) is 10.7. The van der Waals surface area contributed by atoms with Gasteiger partial charge in [-0.05, 0) is 55.5 Å². The third-order valence-corrected chi connectivity index (χ3v) is 6.98. The number of piperidine rings is 1. The smallest absolute Gasteiger partial charge is 0.396 e. The third kappa shape index (κ3) is 4.40. The van der Waals surface area contributed by atoms with E-state index in [0.29, 0.717) is 50.4 Å². The highest BCUT2D eigenvalue weighted by Crippen LogP contribution is 2.46. The molecule has 6 nitrogen and oxygen atoms in total. The summed E-state index contributed by atoms with van der Waals surface area (Å²) in [5.41, 5.74) is -0.0981. The largest absolute Gasteiger partial charge is 0.417 e. The van der Waals surface area contributed by atoms with Crippen molar-refractivity contribution < 1.29 is 23.1 Å². The zero-order valence-electron chi connectivity index (χ0n) is 18.3. The monoisotopic (exact) mass is 458 g/mol. The molecule has 0 aliphatic carbocycles. The molecule has 1 atom stereocenters. The molecule has 0 bridgehead atoms. The molecule has 2 saturated heterocycles. The topological polar surface area (TPSA) is 80.5 Å². The molecule has 2 aliphatic rings. The van der Waals surface area contributed by atoms with Crippen LogP contribution in [-0.2, 0) is 6.18 Å². The van der Waals surface area contributed by atoms with E-state index in [-0.39, 0.29) is 23.8 Å². The molecule has 0 radical (unpaired) electrons. The van der Waals surface area contributed by atoms with Crippen molar-refractivity contribution in [2.24, 2.45) is 11.3 Å². The summed E-state index contributed by atoms with van der Waals surface area (Å²) in [5, 5.41) is 19.1. The molecule has 2 aliphatic heterocycles. The van der Waals surface area contributed by atoms with E-state index in [4.69, 9.17) is 5.26 Å². The minimum Gasteiger partial charge on any atom is -0.396 e. The van der Waals surface area contributed by atoms with E-state index in [0.717, 1.165) is 11.8 Å². The maximum absolute atomic E-state index is 13.4. The minimum absolute atomic E-state index is 0.0771. The van der Waals surface area contributed by atoms with Crippen molar-refractivity contribution in [3.05, 3.63) is 58.9 Å². The quantitative estimate of drug-likeness (QED) is 0.760. The zero-order chi connectivity index (χ0) is 23.8. The van der Waals surface area contributed by atoms with Crippen LogP contribution in [0.3, 0.4) is 0 Å². The number of benzene rings is 1. The summed E-state index contributed by atoms with van der Waals surface area (Å²) in [6.45, 7) is 3.67. The van der Waals surface area contributed by atoms with Crippen molar-refractivity contribution in [1.82, 2.24) is 9.88 Å². The predicted molar refractivity (Wildman–Crippen MR) is 115 cm³/mol. The number of nitrogens with zero attached hydrogens (tertiary/aromatic N) is 4. The summed E-state index contributed by atoms with van der Waals surface area (Å²) >= 11 is 0. The van der Waals surface area contributed by atoms with Crippen LogP contribution in [0.25, 0.3) is 0 Å². The number of aromatic nitrogens is 1. The number of halogens is 3. The summed E-state index contributed by atoms with van der Waals surface area (Å²) in [4.78, 5) is 20.8. The highest BCUT2D eigenvalue weighted by Gasteiger charge is 2.48. The zero-order valence-corrected chi connectivity index (χ0v) is 18.3. The van der Waals surface area contributed by atoms with E-state index >= 15 is 0 Å². The lowest BCUT2D eigenvalue weighted by atomic mass is 9.71. The number of aliphatic hydroxyl groups is 1. The Bertz CT molecular complexity index is 1090. The van der Waals surface area contributed by atoms with Gasteiger partial charge in [0, 0.05) is 50.1 Å². The molecule has 3 heterocycles. The molecular weight excluding hydrogens is 433 g/mol. The Kier molecular flexibility index (Phi) is 6.06. The van der Waals surface area contributed by atoms with E-state index in [1.165, 1.54) is 12.1 Å². The first-order valence-corrected chi connectivity index (χ1v) is 10.9. The predicted octanol–water partition coefficient (Wildman–Crippen LogP) is 3.63. The number of carbonyl (C=O) groups excluding carboxylic acids is 1. The van der Waals surface area contributed by atoms with Gasteiger partial charge in [-0.2, -0.15) is 18.4 Å². The van der Waals surface area contributed by atoms with Gasteiger partial charge in [-0.15, -0.1) is 0 Å². The standard InChI is InChI=1S/C24H25F3N4O2/c1-16-3-2-4-21(29-16)22(33)30-9-7-23(8-10-30)15-31(13-18(23)14-32)19-6-5-17(12-28)20(11-19)24(25,26)27/h2-6,11,18,32H,7-10,13-15H2,1H3. The highest BCUT2D eigenvalue weighted by atomic mass is 19.4. The van der Waals surface area contributed by atoms with Crippen LogP contribution in [-0.4, -0.2) is 53.7 Å². The van der Waals surface area contributed by atoms with E-state index in [1.54, 1.807) is 23.1 Å². The normalized spacial score (nSPS) is 20.2. The van der Waals surface area contributed by atoms with Gasteiger partial charge in [0.05, 0.1) is 17.2 Å². The molecule has 1 aromatic carbocycles. The fraction of sp³-hybridized carbons (Fsp3) is 0.458. The summed E-state index contributed by atoms with van der Waals surface area (Å²) in [5.74, 6) is -0.248. The van der Waals surface area contributed by atoms with Gasteiger partial charge in [0.25, 0.3) is 5.91 Å². The third-order valence-electron chi connectivity index (χ3n) is 6.98. The van der Waals surface area contributed by atoms with Crippen LogP contribution in [0.15, 0.2) is 36.4 Å². The number of amides is 1. The number of pyridine rings is 1. The van der Waals surface area contributed by atoms with Crippen LogP contribution in [0.2, 0.25) is 0 Å². The second-order valence-corrected chi connectivity index (χ2v) is 8.92. The second kappa shape index (κ2) is 8.67.